The van der Waals surface area contributed by atoms with E-state index in [0.29, 0.717) is 21.4 Å². The second-order valence-corrected chi connectivity index (χ2v) is 5.98. The summed E-state index contributed by atoms with van der Waals surface area (Å²) < 4.78 is 13.3. The van der Waals surface area contributed by atoms with E-state index in [1.165, 1.54) is 30.0 Å². The average molecular weight is 369 g/mol. The van der Waals surface area contributed by atoms with Crippen molar-refractivity contribution < 1.29 is 14.0 Å². The topological polar surface area (TPSA) is 49.4 Å². The fourth-order valence-electron chi connectivity index (χ4n) is 2.18. The number of carbonyl (C=O) groups is 2. The number of rotatable bonds is 5. The minimum Gasteiger partial charge on any atom is -0.326 e. The van der Waals surface area contributed by atoms with Gasteiger partial charge in [0.25, 0.3) is 0 Å². The van der Waals surface area contributed by atoms with Gasteiger partial charge in [0.05, 0.1) is 0 Å². The lowest BCUT2D eigenvalue weighted by atomic mass is 10.2. The number of halogens is 3. The summed E-state index contributed by atoms with van der Waals surface area (Å²) in [5.74, 6) is -1.04. The predicted molar refractivity (Wildman–Crippen MR) is 94.1 cm³/mol. The summed E-state index contributed by atoms with van der Waals surface area (Å²) in [6, 6.07) is 10.3. The zero-order chi connectivity index (χ0) is 17.7. The smallest absolute Gasteiger partial charge is 0.226 e. The molecule has 0 aliphatic heterocycles. The molecule has 0 atom stereocenters. The Labute approximate surface area is 149 Å². The first kappa shape index (κ1) is 18.2. The molecule has 0 radical (unpaired) electrons. The Hall–Kier alpha value is -2.11. The minimum atomic E-state index is -0.447. The first-order valence-corrected chi connectivity index (χ1v) is 7.90. The van der Waals surface area contributed by atoms with E-state index >= 15 is 0 Å². The third kappa shape index (κ3) is 5.22. The maximum Gasteiger partial charge on any atom is 0.226 e. The zero-order valence-corrected chi connectivity index (χ0v) is 14.4. The minimum absolute atomic E-state index is 0.0419. The number of amides is 2. The highest BCUT2D eigenvalue weighted by molar-refractivity contribution is 6.35. The molecule has 0 aromatic heterocycles. The number of carbonyl (C=O) groups excluding carboxylic acids is 2. The van der Waals surface area contributed by atoms with Gasteiger partial charge in [-0.1, -0.05) is 29.3 Å². The molecule has 0 saturated heterocycles. The van der Waals surface area contributed by atoms with Gasteiger partial charge in [0.2, 0.25) is 11.8 Å². The molecule has 4 nitrogen and oxygen atoms in total. The van der Waals surface area contributed by atoms with Crippen molar-refractivity contribution in [2.24, 2.45) is 0 Å². The molecule has 0 bridgehead atoms. The van der Waals surface area contributed by atoms with Gasteiger partial charge in [-0.25, -0.2) is 4.39 Å². The first-order valence-electron chi connectivity index (χ1n) is 7.15. The van der Waals surface area contributed by atoms with Gasteiger partial charge in [0, 0.05) is 41.3 Å². The predicted octanol–water partition coefficient (Wildman–Crippen LogP) is 4.51. The van der Waals surface area contributed by atoms with Crippen LogP contribution in [0.25, 0.3) is 0 Å². The summed E-state index contributed by atoms with van der Waals surface area (Å²) in [6.07, 6.45) is 0.0419. The zero-order valence-electron chi connectivity index (χ0n) is 12.9. The molecule has 7 heteroatoms. The number of benzene rings is 2. The summed E-state index contributed by atoms with van der Waals surface area (Å²) in [6.45, 7) is 1.48. The second kappa shape index (κ2) is 8.13. The molecule has 0 saturated carbocycles. The molecule has 2 aromatic rings. The van der Waals surface area contributed by atoms with Gasteiger partial charge >= 0.3 is 0 Å². The Kier molecular flexibility index (Phi) is 6.17. The van der Waals surface area contributed by atoms with Gasteiger partial charge in [-0.2, -0.15) is 0 Å². The standard InChI is InChI=1S/C17H15Cl2FN2O2/c1-11(23)22(16-4-2-3-14(20)10-16)6-5-17(24)21-15-8-12(18)7-13(19)9-15/h2-4,7-10H,5-6H2,1H3,(H,21,24). The van der Waals surface area contributed by atoms with Crippen molar-refractivity contribution in [2.45, 2.75) is 13.3 Å². The van der Waals surface area contributed by atoms with Gasteiger partial charge in [0.15, 0.2) is 0 Å². The molecule has 2 amide bonds. The number of nitrogens with one attached hydrogen (secondary N) is 1. The van der Waals surface area contributed by atoms with Crippen LogP contribution >= 0.6 is 23.2 Å². The lowest BCUT2D eigenvalue weighted by Crippen LogP contribution is -2.32. The van der Waals surface area contributed by atoms with Crippen LogP contribution in [0.3, 0.4) is 0 Å². The monoisotopic (exact) mass is 368 g/mol. The Morgan fingerprint density at radius 2 is 1.79 bits per heavy atom. The molecule has 2 aromatic carbocycles. The normalized spacial score (nSPS) is 10.3. The van der Waals surface area contributed by atoms with E-state index in [-0.39, 0.29) is 24.8 Å². The van der Waals surface area contributed by atoms with E-state index in [1.807, 2.05) is 0 Å². The summed E-state index contributed by atoms with van der Waals surface area (Å²) in [5.41, 5.74) is 0.874. The van der Waals surface area contributed by atoms with Crippen molar-refractivity contribution in [3.63, 3.8) is 0 Å². The van der Waals surface area contributed by atoms with Gasteiger partial charge in [-0.3, -0.25) is 9.59 Å². The van der Waals surface area contributed by atoms with Crippen LogP contribution in [0.15, 0.2) is 42.5 Å². The highest BCUT2D eigenvalue weighted by atomic mass is 35.5. The molecular weight excluding hydrogens is 354 g/mol. The van der Waals surface area contributed by atoms with Crippen molar-refractivity contribution in [1.29, 1.82) is 0 Å². The Bertz CT molecular complexity index is 748. The van der Waals surface area contributed by atoms with Crippen LogP contribution in [-0.2, 0) is 9.59 Å². The van der Waals surface area contributed by atoms with E-state index in [1.54, 1.807) is 24.3 Å². The van der Waals surface area contributed by atoms with E-state index < -0.39 is 5.82 Å². The highest BCUT2D eigenvalue weighted by Crippen LogP contribution is 2.22. The first-order chi connectivity index (χ1) is 11.3. The van der Waals surface area contributed by atoms with Crippen LogP contribution in [0, 0.1) is 5.82 Å². The van der Waals surface area contributed by atoms with Crippen LogP contribution in [0.4, 0.5) is 15.8 Å². The van der Waals surface area contributed by atoms with Crippen molar-refractivity contribution >= 4 is 46.4 Å². The third-order valence-electron chi connectivity index (χ3n) is 3.21. The van der Waals surface area contributed by atoms with Crippen molar-refractivity contribution in [1.82, 2.24) is 0 Å². The van der Waals surface area contributed by atoms with Crippen LogP contribution < -0.4 is 10.2 Å². The highest BCUT2D eigenvalue weighted by Gasteiger charge is 2.14. The lowest BCUT2D eigenvalue weighted by molar-refractivity contribution is -0.117. The van der Waals surface area contributed by atoms with Gasteiger partial charge < -0.3 is 10.2 Å². The summed E-state index contributed by atoms with van der Waals surface area (Å²) in [5, 5.41) is 3.47. The number of hydrogen-bond acceptors (Lipinski definition) is 2. The molecule has 0 unspecified atom stereocenters. The molecule has 0 aliphatic rings. The molecule has 1 N–H and O–H groups in total. The quantitative estimate of drug-likeness (QED) is 0.843. The maximum atomic E-state index is 13.3. The van der Waals surface area contributed by atoms with Gasteiger partial charge in [0.1, 0.15) is 5.82 Å². The van der Waals surface area contributed by atoms with Crippen LogP contribution in [0.1, 0.15) is 13.3 Å². The molecule has 126 valence electrons. The summed E-state index contributed by atoms with van der Waals surface area (Å²) >= 11 is 11.7. The van der Waals surface area contributed by atoms with E-state index in [9.17, 15) is 14.0 Å². The number of nitrogens with zero attached hydrogens (tertiary/aromatic N) is 1. The average Bonchev–Trinajstić information content (AvgIpc) is 2.46. The van der Waals surface area contributed by atoms with Crippen LogP contribution in [-0.4, -0.2) is 18.4 Å². The third-order valence-corrected chi connectivity index (χ3v) is 3.65. The number of hydrogen-bond donors (Lipinski definition) is 1. The molecule has 0 aliphatic carbocycles. The number of anilines is 2. The van der Waals surface area contributed by atoms with Crippen LogP contribution in [0.2, 0.25) is 10.0 Å². The van der Waals surface area contributed by atoms with E-state index in [2.05, 4.69) is 5.32 Å². The largest absolute Gasteiger partial charge is 0.326 e. The fraction of sp³-hybridized carbons (Fsp3) is 0.176. The molecule has 0 spiro atoms. The van der Waals surface area contributed by atoms with Gasteiger partial charge in [-0.15, -0.1) is 0 Å². The van der Waals surface area contributed by atoms with Crippen molar-refractivity contribution in [3.05, 3.63) is 58.3 Å². The molecular formula is C17H15Cl2FN2O2. The Morgan fingerprint density at radius 1 is 1.12 bits per heavy atom. The van der Waals surface area contributed by atoms with Crippen LogP contribution in [0.5, 0.6) is 0 Å². The van der Waals surface area contributed by atoms with Gasteiger partial charge in [-0.05, 0) is 36.4 Å². The van der Waals surface area contributed by atoms with E-state index in [4.69, 9.17) is 23.2 Å². The second-order valence-electron chi connectivity index (χ2n) is 5.11. The van der Waals surface area contributed by atoms with E-state index in [0.717, 1.165) is 0 Å². The molecule has 0 fully saturated rings. The SMILES string of the molecule is CC(=O)N(CCC(=O)Nc1cc(Cl)cc(Cl)c1)c1cccc(F)c1. The Balaban J connectivity index is 2.01. The molecule has 0 heterocycles. The summed E-state index contributed by atoms with van der Waals surface area (Å²) in [4.78, 5) is 25.1. The molecule has 24 heavy (non-hydrogen) atoms. The maximum absolute atomic E-state index is 13.3. The lowest BCUT2D eigenvalue weighted by Gasteiger charge is -2.21. The summed E-state index contributed by atoms with van der Waals surface area (Å²) in [7, 11) is 0. The Morgan fingerprint density at radius 3 is 2.38 bits per heavy atom. The van der Waals surface area contributed by atoms with Crippen molar-refractivity contribution in [3.8, 4) is 0 Å². The molecule has 2 rings (SSSR count). The van der Waals surface area contributed by atoms with Crippen molar-refractivity contribution in [2.75, 3.05) is 16.8 Å². The fourth-order valence-corrected chi connectivity index (χ4v) is 2.70.